The minimum absolute atomic E-state index is 0.221. The van der Waals surface area contributed by atoms with Crippen LogP contribution in [-0.4, -0.2) is 5.91 Å². The number of hydrogen-bond acceptors (Lipinski definition) is 3. The molecular weight excluding hydrogens is 252 g/mol. The Morgan fingerprint density at radius 3 is 2.83 bits per heavy atom. The highest BCUT2D eigenvalue weighted by Gasteiger charge is 2.15. The minimum atomic E-state index is -0.260. The Balaban J connectivity index is 2.12. The normalized spacial score (nSPS) is 12.1. The SMILES string of the molecule is CC(NC(=O)c1ccc(N)cc1Cl)c1ccco1. The molecule has 18 heavy (non-hydrogen) atoms. The number of amides is 1. The van der Waals surface area contributed by atoms with Crippen LogP contribution in [0.25, 0.3) is 0 Å². The molecule has 2 rings (SSSR count). The van der Waals surface area contributed by atoms with Gasteiger partial charge in [0.25, 0.3) is 5.91 Å². The largest absolute Gasteiger partial charge is 0.467 e. The molecule has 0 aliphatic carbocycles. The van der Waals surface area contributed by atoms with Gasteiger partial charge >= 0.3 is 0 Å². The smallest absolute Gasteiger partial charge is 0.253 e. The molecular formula is C13H13ClN2O2. The minimum Gasteiger partial charge on any atom is -0.467 e. The Morgan fingerprint density at radius 1 is 1.44 bits per heavy atom. The monoisotopic (exact) mass is 264 g/mol. The van der Waals surface area contributed by atoms with Gasteiger partial charge in [0.1, 0.15) is 5.76 Å². The first-order valence-corrected chi connectivity index (χ1v) is 5.85. The molecule has 0 fully saturated rings. The van der Waals surface area contributed by atoms with E-state index in [2.05, 4.69) is 5.32 Å². The van der Waals surface area contributed by atoms with Crippen LogP contribution in [0.3, 0.4) is 0 Å². The molecule has 1 heterocycles. The lowest BCUT2D eigenvalue weighted by Crippen LogP contribution is -2.26. The van der Waals surface area contributed by atoms with Gasteiger partial charge in [0.05, 0.1) is 22.9 Å². The van der Waals surface area contributed by atoms with E-state index in [1.807, 2.05) is 6.92 Å². The second-order valence-corrected chi connectivity index (χ2v) is 4.36. The number of hydrogen-bond donors (Lipinski definition) is 2. The topological polar surface area (TPSA) is 68.3 Å². The van der Waals surface area contributed by atoms with Crippen molar-refractivity contribution < 1.29 is 9.21 Å². The predicted octanol–water partition coefficient (Wildman–Crippen LogP) is 3.01. The Labute approximate surface area is 110 Å². The van der Waals surface area contributed by atoms with Gasteiger partial charge in [-0.1, -0.05) is 11.6 Å². The van der Waals surface area contributed by atoms with Crippen molar-refractivity contribution in [1.82, 2.24) is 5.32 Å². The van der Waals surface area contributed by atoms with Gasteiger partial charge in [0.2, 0.25) is 0 Å². The molecule has 94 valence electrons. The van der Waals surface area contributed by atoms with E-state index in [0.717, 1.165) is 0 Å². The highest BCUT2D eigenvalue weighted by molar-refractivity contribution is 6.34. The number of halogens is 1. The summed E-state index contributed by atoms with van der Waals surface area (Å²) >= 11 is 5.97. The van der Waals surface area contributed by atoms with E-state index in [9.17, 15) is 4.79 Å². The lowest BCUT2D eigenvalue weighted by Gasteiger charge is -2.12. The molecule has 0 saturated heterocycles. The van der Waals surface area contributed by atoms with Crippen LogP contribution in [0.15, 0.2) is 41.0 Å². The van der Waals surface area contributed by atoms with Crippen LogP contribution in [0.5, 0.6) is 0 Å². The summed E-state index contributed by atoms with van der Waals surface area (Å²) in [6.45, 7) is 1.84. The first-order chi connectivity index (χ1) is 8.58. The molecule has 0 bridgehead atoms. The predicted molar refractivity (Wildman–Crippen MR) is 70.5 cm³/mol. The number of anilines is 1. The summed E-state index contributed by atoms with van der Waals surface area (Å²) < 4.78 is 5.21. The van der Waals surface area contributed by atoms with Gasteiger partial charge < -0.3 is 15.5 Å². The highest BCUT2D eigenvalue weighted by Crippen LogP contribution is 2.20. The van der Waals surface area contributed by atoms with Gasteiger partial charge in [0.15, 0.2) is 0 Å². The van der Waals surface area contributed by atoms with Crippen molar-refractivity contribution in [3.05, 3.63) is 52.9 Å². The molecule has 0 aliphatic heterocycles. The Hall–Kier alpha value is -1.94. The molecule has 0 radical (unpaired) electrons. The summed E-state index contributed by atoms with van der Waals surface area (Å²) in [5.74, 6) is 0.429. The molecule has 0 aliphatic rings. The maximum Gasteiger partial charge on any atom is 0.253 e. The van der Waals surface area contributed by atoms with Crippen molar-refractivity contribution >= 4 is 23.2 Å². The quantitative estimate of drug-likeness (QED) is 0.838. The van der Waals surface area contributed by atoms with Crippen molar-refractivity contribution in [3.63, 3.8) is 0 Å². The van der Waals surface area contributed by atoms with E-state index in [4.69, 9.17) is 21.8 Å². The van der Waals surface area contributed by atoms with E-state index in [0.29, 0.717) is 22.0 Å². The molecule has 0 spiro atoms. The molecule has 0 saturated carbocycles. The van der Waals surface area contributed by atoms with Gasteiger partial charge in [-0.2, -0.15) is 0 Å². The lowest BCUT2D eigenvalue weighted by molar-refractivity contribution is 0.0935. The number of carbonyl (C=O) groups excluding carboxylic acids is 1. The zero-order valence-corrected chi connectivity index (χ0v) is 10.6. The molecule has 3 N–H and O–H groups in total. The lowest BCUT2D eigenvalue weighted by atomic mass is 10.1. The molecule has 4 nitrogen and oxygen atoms in total. The average Bonchev–Trinajstić information content (AvgIpc) is 2.81. The molecule has 1 atom stereocenters. The Bertz CT molecular complexity index is 552. The van der Waals surface area contributed by atoms with E-state index in [1.165, 1.54) is 0 Å². The third-order valence-electron chi connectivity index (χ3n) is 2.56. The zero-order chi connectivity index (χ0) is 13.1. The van der Waals surface area contributed by atoms with Crippen LogP contribution in [-0.2, 0) is 0 Å². The average molecular weight is 265 g/mol. The standard InChI is InChI=1S/C13H13ClN2O2/c1-8(12-3-2-6-18-12)16-13(17)10-5-4-9(15)7-11(10)14/h2-8H,15H2,1H3,(H,16,17). The van der Waals surface area contributed by atoms with Crippen LogP contribution in [0.4, 0.5) is 5.69 Å². The second kappa shape index (κ2) is 5.14. The second-order valence-electron chi connectivity index (χ2n) is 3.95. The first kappa shape index (κ1) is 12.5. The maximum absolute atomic E-state index is 12.0. The molecule has 1 aromatic carbocycles. The summed E-state index contributed by atoms with van der Waals surface area (Å²) in [4.78, 5) is 12.0. The van der Waals surface area contributed by atoms with E-state index >= 15 is 0 Å². The Kier molecular flexibility index (Phi) is 3.58. The number of rotatable bonds is 3. The van der Waals surface area contributed by atoms with Crippen molar-refractivity contribution in [3.8, 4) is 0 Å². The van der Waals surface area contributed by atoms with Gasteiger partial charge in [-0.05, 0) is 37.3 Å². The van der Waals surface area contributed by atoms with Crippen molar-refractivity contribution in [2.24, 2.45) is 0 Å². The zero-order valence-electron chi connectivity index (χ0n) is 9.81. The van der Waals surface area contributed by atoms with Gasteiger partial charge in [-0.15, -0.1) is 0 Å². The fourth-order valence-corrected chi connectivity index (χ4v) is 1.87. The summed E-state index contributed by atoms with van der Waals surface area (Å²) in [5.41, 5.74) is 6.49. The van der Waals surface area contributed by atoms with E-state index < -0.39 is 0 Å². The fourth-order valence-electron chi connectivity index (χ4n) is 1.60. The number of nitrogens with one attached hydrogen (secondary N) is 1. The number of carbonyl (C=O) groups is 1. The Morgan fingerprint density at radius 2 is 2.22 bits per heavy atom. The number of nitrogens with two attached hydrogens (primary N) is 1. The molecule has 1 aromatic heterocycles. The third-order valence-corrected chi connectivity index (χ3v) is 2.87. The molecule has 5 heteroatoms. The number of benzene rings is 1. The first-order valence-electron chi connectivity index (χ1n) is 5.47. The summed E-state index contributed by atoms with van der Waals surface area (Å²) in [7, 11) is 0. The van der Waals surface area contributed by atoms with Crippen molar-refractivity contribution in [2.45, 2.75) is 13.0 Å². The van der Waals surface area contributed by atoms with Crippen LogP contribution in [0, 0.1) is 0 Å². The van der Waals surface area contributed by atoms with Crippen molar-refractivity contribution in [1.29, 1.82) is 0 Å². The van der Waals surface area contributed by atoms with Crippen LogP contribution in [0.2, 0.25) is 5.02 Å². The van der Waals surface area contributed by atoms with E-state index in [1.54, 1.807) is 36.6 Å². The number of nitrogen functional groups attached to an aromatic ring is 1. The van der Waals surface area contributed by atoms with Crippen molar-refractivity contribution in [2.75, 3.05) is 5.73 Å². The molecule has 2 aromatic rings. The molecule has 1 unspecified atom stereocenters. The molecule has 1 amide bonds. The van der Waals surface area contributed by atoms with Crippen LogP contribution >= 0.6 is 11.6 Å². The summed E-state index contributed by atoms with van der Waals surface area (Å²) in [5, 5.41) is 3.13. The van der Waals surface area contributed by atoms with Gasteiger partial charge in [-0.3, -0.25) is 4.79 Å². The van der Waals surface area contributed by atoms with Gasteiger partial charge in [-0.25, -0.2) is 0 Å². The highest BCUT2D eigenvalue weighted by atomic mass is 35.5. The van der Waals surface area contributed by atoms with Crippen LogP contribution in [0.1, 0.15) is 29.1 Å². The van der Waals surface area contributed by atoms with E-state index in [-0.39, 0.29) is 11.9 Å². The number of furan rings is 1. The maximum atomic E-state index is 12.0. The summed E-state index contributed by atoms with van der Waals surface area (Å²) in [6, 6.07) is 8.14. The summed E-state index contributed by atoms with van der Waals surface area (Å²) in [6.07, 6.45) is 1.56. The fraction of sp³-hybridized carbons (Fsp3) is 0.154. The third kappa shape index (κ3) is 2.65. The van der Waals surface area contributed by atoms with Gasteiger partial charge in [0, 0.05) is 5.69 Å². The van der Waals surface area contributed by atoms with Crippen LogP contribution < -0.4 is 11.1 Å².